The van der Waals surface area contributed by atoms with E-state index in [1.165, 1.54) is 28.0 Å². The van der Waals surface area contributed by atoms with Crippen molar-refractivity contribution in [2.45, 2.75) is 40.7 Å². The normalized spacial score (nSPS) is 12.3. The van der Waals surface area contributed by atoms with Crippen LogP contribution in [0, 0.1) is 19.8 Å². The second kappa shape index (κ2) is 7.23. The van der Waals surface area contributed by atoms with E-state index < -0.39 is 6.04 Å². The highest BCUT2D eigenvalue weighted by molar-refractivity contribution is 7.14. The van der Waals surface area contributed by atoms with E-state index >= 15 is 0 Å². The summed E-state index contributed by atoms with van der Waals surface area (Å²) < 4.78 is 0. The summed E-state index contributed by atoms with van der Waals surface area (Å²) in [7, 11) is 0. The zero-order valence-corrected chi connectivity index (χ0v) is 15.5. The number of thiazole rings is 1. The molecule has 0 spiro atoms. The van der Waals surface area contributed by atoms with Crippen molar-refractivity contribution in [1.29, 1.82) is 0 Å². The molecule has 0 aromatic carbocycles. The predicted octanol–water partition coefficient (Wildman–Crippen LogP) is 3.59. The van der Waals surface area contributed by atoms with E-state index in [1.54, 1.807) is 11.3 Å². The summed E-state index contributed by atoms with van der Waals surface area (Å²) in [5, 5.41) is 7.96. The molecule has 1 atom stereocenters. The van der Waals surface area contributed by atoms with Crippen LogP contribution in [0.15, 0.2) is 11.4 Å². The number of amides is 2. The molecule has 2 N–H and O–H groups in total. The minimum absolute atomic E-state index is 0.0000930. The minimum atomic E-state index is -0.565. The molecule has 2 aromatic heterocycles. The fourth-order valence-corrected chi connectivity index (χ4v) is 3.92. The molecule has 0 aliphatic heterocycles. The first kappa shape index (κ1) is 17.6. The van der Waals surface area contributed by atoms with Crippen molar-refractivity contribution in [1.82, 2.24) is 10.3 Å². The second-order valence-electron chi connectivity index (χ2n) is 5.78. The van der Waals surface area contributed by atoms with Gasteiger partial charge in [-0.3, -0.25) is 9.59 Å². The number of carbonyl (C=O) groups excluding carboxylic acids is 2. The maximum Gasteiger partial charge on any atom is 0.248 e. The molecule has 23 heavy (non-hydrogen) atoms. The van der Waals surface area contributed by atoms with Crippen LogP contribution in [0.4, 0.5) is 5.13 Å². The Morgan fingerprint density at radius 3 is 2.48 bits per heavy atom. The van der Waals surface area contributed by atoms with Gasteiger partial charge in [0.15, 0.2) is 5.13 Å². The van der Waals surface area contributed by atoms with Crippen LogP contribution in [-0.2, 0) is 9.59 Å². The van der Waals surface area contributed by atoms with Gasteiger partial charge < -0.3 is 10.6 Å². The minimum Gasteiger partial charge on any atom is -0.344 e. The van der Waals surface area contributed by atoms with Gasteiger partial charge in [0, 0.05) is 27.6 Å². The van der Waals surface area contributed by atoms with Crippen LogP contribution in [0.5, 0.6) is 0 Å². The Bertz CT molecular complexity index is 719. The number of aromatic nitrogens is 1. The largest absolute Gasteiger partial charge is 0.344 e. The number of thiophene rings is 1. The van der Waals surface area contributed by atoms with Crippen LogP contribution < -0.4 is 10.6 Å². The lowest BCUT2D eigenvalue weighted by atomic mass is 10.0. The van der Waals surface area contributed by atoms with Crippen LogP contribution in [-0.4, -0.2) is 22.8 Å². The molecule has 2 aromatic rings. The third-order valence-electron chi connectivity index (χ3n) is 3.36. The summed E-state index contributed by atoms with van der Waals surface area (Å²) in [6.07, 6.45) is 0. The average molecular weight is 351 g/mol. The molecule has 2 heterocycles. The quantitative estimate of drug-likeness (QED) is 0.865. The molecule has 0 saturated heterocycles. The molecule has 0 radical (unpaired) electrons. The Morgan fingerprint density at radius 2 is 1.96 bits per heavy atom. The van der Waals surface area contributed by atoms with Crippen molar-refractivity contribution < 1.29 is 9.59 Å². The van der Waals surface area contributed by atoms with Crippen LogP contribution in [0.1, 0.15) is 30.5 Å². The number of anilines is 1. The zero-order valence-electron chi connectivity index (χ0n) is 13.9. The lowest BCUT2D eigenvalue weighted by Crippen LogP contribution is -2.46. The molecular formula is C16H21N3O2S2. The van der Waals surface area contributed by atoms with E-state index in [4.69, 9.17) is 0 Å². The first-order chi connectivity index (χ1) is 10.8. The van der Waals surface area contributed by atoms with E-state index in [9.17, 15) is 9.59 Å². The molecule has 7 heteroatoms. The average Bonchev–Trinajstić information content (AvgIpc) is 3.01. The van der Waals surface area contributed by atoms with Gasteiger partial charge in [0.2, 0.25) is 11.8 Å². The lowest BCUT2D eigenvalue weighted by molar-refractivity contribution is -0.126. The molecular weight excluding hydrogens is 330 g/mol. The summed E-state index contributed by atoms with van der Waals surface area (Å²) in [5.41, 5.74) is 1.97. The summed E-state index contributed by atoms with van der Waals surface area (Å²) in [6, 6.07) is 1.54. The summed E-state index contributed by atoms with van der Waals surface area (Å²) in [4.78, 5) is 30.5. The van der Waals surface area contributed by atoms with Crippen molar-refractivity contribution in [2.24, 2.45) is 5.92 Å². The molecule has 0 bridgehead atoms. The number of nitrogens with zero attached hydrogens (tertiary/aromatic N) is 1. The van der Waals surface area contributed by atoms with Gasteiger partial charge in [-0.2, -0.15) is 0 Å². The third-order valence-corrected chi connectivity index (χ3v) is 5.08. The molecule has 2 amide bonds. The van der Waals surface area contributed by atoms with Gasteiger partial charge in [-0.05, 0) is 25.8 Å². The molecule has 2 rings (SSSR count). The highest BCUT2D eigenvalue weighted by Gasteiger charge is 2.24. The van der Waals surface area contributed by atoms with Crippen LogP contribution >= 0.6 is 22.7 Å². The number of aryl methyl sites for hydroxylation is 2. The van der Waals surface area contributed by atoms with Crippen LogP contribution in [0.3, 0.4) is 0 Å². The first-order valence-electron chi connectivity index (χ1n) is 7.38. The van der Waals surface area contributed by atoms with Gasteiger partial charge >= 0.3 is 0 Å². The van der Waals surface area contributed by atoms with Gasteiger partial charge in [-0.15, -0.1) is 22.7 Å². The van der Waals surface area contributed by atoms with Crippen molar-refractivity contribution >= 4 is 39.6 Å². The topological polar surface area (TPSA) is 71.1 Å². The second-order valence-corrected chi connectivity index (χ2v) is 8.09. The standard InChI is InChI=1S/C16H21N3O2S2/c1-8(2)14(17-11(5)20)15(21)19-16-18-13(7-22-16)12-6-9(3)23-10(12)4/h6-8,14H,1-5H3,(H,17,20)(H,18,19,21). The molecule has 5 nitrogen and oxygen atoms in total. The highest BCUT2D eigenvalue weighted by atomic mass is 32.1. The molecule has 0 saturated carbocycles. The van der Waals surface area contributed by atoms with Gasteiger partial charge in [0.05, 0.1) is 5.69 Å². The number of rotatable bonds is 5. The Morgan fingerprint density at radius 1 is 1.26 bits per heavy atom. The summed E-state index contributed by atoms with van der Waals surface area (Å²) in [5.74, 6) is -0.461. The monoisotopic (exact) mass is 351 g/mol. The predicted molar refractivity (Wildman–Crippen MR) is 96.0 cm³/mol. The van der Waals surface area contributed by atoms with Gasteiger partial charge in [0.1, 0.15) is 6.04 Å². The molecule has 1 unspecified atom stereocenters. The van der Waals surface area contributed by atoms with Gasteiger partial charge in [-0.1, -0.05) is 13.8 Å². The van der Waals surface area contributed by atoms with Gasteiger partial charge in [0.25, 0.3) is 0 Å². The molecule has 0 aliphatic rings. The smallest absolute Gasteiger partial charge is 0.248 e. The fourth-order valence-electron chi connectivity index (χ4n) is 2.28. The Labute approximate surface area is 144 Å². The SMILES string of the molecule is CC(=O)NC(C(=O)Nc1nc(-c2cc(C)sc2C)cs1)C(C)C. The van der Waals surface area contributed by atoms with E-state index in [2.05, 4.69) is 35.5 Å². The van der Waals surface area contributed by atoms with Crippen LogP contribution in [0.25, 0.3) is 11.3 Å². The van der Waals surface area contributed by atoms with Crippen LogP contribution in [0.2, 0.25) is 0 Å². The summed E-state index contributed by atoms with van der Waals surface area (Å²) >= 11 is 3.12. The maximum atomic E-state index is 12.3. The van der Waals surface area contributed by atoms with Crippen molar-refractivity contribution in [3.8, 4) is 11.3 Å². The van der Waals surface area contributed by atoms with Gasteiger partial charge in [-0.25, -0.2) is 4.98 Å². The Kier molecular flexibility index (Phi) is 5.54. The fraction of sp³-hybridized carbons (Fsp3) is 0.438. The Hall–Kier alpha value is -1.73. The molecule has 0 fully saturated rings. The number of nitrogens with one attached hydrogen (secondary N) is 2. The van der Waals surface area contributed by atoms with E-state index in [0.717, 1.165) is 11.3 Å². The van der Waals surface area contributed by atoms with Crippen molar-refractivity contribution in [2.75, 3.05) is 5.32 Å². The number of carbonyl (C=O) groups is 2. The first-order valence-corrected chi connectivity index (χ1v) is 9.08. The van der Waals surface area contributed by atoms with Crippen molar-refractivity contribution in [3.05, 3.63) is 21.2 Å². The third kappa shape index (κ3) is 4.39. The number of hydrogen-bond acceptors (Lipinski definition) is 5. The van der Waals surface area contributed by atoms with E-state index in [0.29, 0.717) is 5.13 Å². The zero-order chi connectivity index (χ0) is 17.1. The van der Waals surface area contributed by atoms with Crippen molar-refractivity contribution in [3.63, 3.8) is 0 Å². The van der Waals surface area contributed by atoms with E-state index in [1.807, 2.05) is 19.2 Å². The molecule has 0 aliphatic carbocycles. The molecule has 124 valence electrons. The summed E-state index contributed by atoms with van der Waals surface area (Å²) in [6.45, 7) is 9.33. The van der Waals surface area contributed by atoms with E-state index in [-0.39, 0.29) is 17.7 Å². The lowest BCUT2D eigenvalue weighted by Gasteiger charge is -2.20. The highest BCUT2D eigenvalue weighted by Crippen LogP contribution is 2.32. The maximum absolute atomic E-state index is 12.3. The Balaban J connectivity index is 2.13. The number of hydrogen-bond donors (Lipinski definition) is 2.